The Morgan fingerprint density at radius 2 is 1.18 bits per heavy atom. The van der Waals surface area contributed by atoms with Crippen LogP contribution in [0.25, 0.3) is 0 Å². The third kappa shape index (κ3) is 6.77. The largest absolute Gasteiger partial charge is 0.394 e. The van der Waals surface area contributed by atoms with Crippen LogP contribution >= 0.6 is 0 Å². The quantitative estimate of drug-likeness (QED) is 0.117. The van der Waals surface area contributed by atoms with Crippen molar-refractivity contribution in [2.45, 2.75) is 85.8 Å². The molecule has 2 aliphatic heterocycles. The van der Waals surface area contributed by atoms with Crippen molar-refractivity contribution in [3.05, 3.63) is 0 Å². The zero-order valence-electron chi connectivity index (χ0n) is 17.9. The summed E-state index contributed by atoms with van der Waals surface area (Å²) in [5.41, 5.74) is 0. The highest BCUT2D eigenvalue weighted by atomic mass is 16.7. The molecule has 0 amide bonds. The Morgan fingerprint density at radius 3 is 1.76 bits per heavy atom. The van der Waals surface area contributed by atoms with Crippen LogP contribution in [0.3, 0.4) is 0 Å². The van der Waals surface area contributed by atoms with Crippen LogP contribution in [0.4, 0.5) is 0 Å². The van der Waals surface area contributed by atoms with Gasteiger partial charge in [-0.05, 0) is 0 Å². The number of hydrogen-bond donors (Lipinski definition) is 12. The van der Waals surface area contributed by atoms with E-state index < -0.39 is 112 Å². The molecule has 0 spiro atoms. The van der Waals surface area contributed by atoms with Crippen LogP contribution in [0.2, 0.25) is 0 Å². The average molecular weight is 506 g/mol. The van der Waals surface area contributed by atoms with Crippen LogP contribution in [0.5, 0.6) is 0 Å². The van der Waals surface area contributed by atoms with E-state index in [1.165, 1.54) is 0 Å². The van der Waals surface area contributed by atoms with Crippen LogP contribution in [0.15, 0.2) is 0 Å². The van der Waals surface area contributed by atoms with Gasteiger partial charge in [0, 0.05) is 0 Å². The van der Waals surface area contributed by atoms with Crippen LogP contribution in [0.1, 0.15) is 0 Å². The maximum atomic E-state index is 10.2. The van der Waals surface area contributed by atoms with E-state index in [-0.39, 0.29) is 0 Å². The fourth-order valence-electron chi connectivity index (χ4n) is 3.47. The lowest BCUT2D eigenvalue weighted by Gasteiger charge is -2.40. The molecule has 0 aliphatic carbocycles. The summed E-state index contributed by atoms with van der Waals surface area (Å²) in [7, 11) is 0. The molecule has 14 atom stereocenters. The summed E-state index contributed by atoms with van der Waals surface area (Å²) < 4.78 is 20.9. The standard InChI is InChI=1S/C18H34O16/c19-1-5(21)9(24)10(25)7(23)3-31-17-14(29)12(27)11(26)8(33-17)4-32-18-15(30)13(28)16(34-18)6(22)2-20/h5-30H,1-4H2/t5-,6-,7-,8-,9-,10-,11-,12+,13-,14+,15-,16+,17+,18-/m1/s1. The van der Waals surface area contributed by atoms with Gasteiger partial charge >= 0.3 is 0 Å². The van der Waals surface area contributed by atoms with Gasteiger partial charge in [0.15, 0.2) is 12.6 Å². The van der Waals surface area contributed by atoms with Gasteiger partial charge in [0.05, 0.1) is 26.4 Å². The number of ether oxygens (including phenoxy) is 4. The first-order chi connectivity index (χ1) is 15.9. The van der Waals surface area contributed by atoms with Crippen molar-refractivity contribution < 1.29 is 80.2 Å². The first-order valence-electron chi connectivity index (χ1n) is 10.5. The second-order valence-electron chi connectivity index (χ2n) is 8.18. The van der Waals surface area contributed by atoms with Crippen LogP contribution < -0.4 is 0 Å². The molecular formula is C18H34O16. The second-order valence-corrected chi connectivity index (χ2v) is 8.18. The minimum atomic E-state index is -1.95. The Morgan fingerprint density at radius 1 is 0.618 bits per heavy atom. The number of aliphatic hydroxyl groups excluding tert-OH is 12. The predicted molar refractivity (Wildman–Crippen MR) is 103 cm³/mol. The molecule has 0 bridgehead atoms. The zero-order chi connectivity index (χ0) is 25.7. The highest BCUT2D eigenvalue weighted by Gasteiger charge is 2.49. The maximum absolute atomic E-state index is 10.2. The van der Waals surface area contributed by atoms with Crippen LogP contribution in [-0.4, -0.2) is 174 Å². The van der Waals surface area contributed by atoms with Gasteiger partial charge in [0.25, 0.3) is 0 Å². The van der Waals surface area contributed by atoms with Gasteiger partial charge in [-0.25, -0.2) is 0 Å². The summed E-state index contributed by atoms with van der Waals surface area (Å²) in [5, 5.41) is 116. The second kappa shape index (κ2) is 13.1. The molecule has 202 valence electrons. The van der Waals surface area contributed by atoms with Gasteiger partial charge in [-0.3, -0.25) is 0 Å². The highest BCUT2D eigenvalue weighted by molar-refractivity contribution is 4.92. The lowest BCUT2D eigenvalue weighted by molar-refractivity contribution is -0.315. The molecule has 12 N–H and O–H groups in total. The molecule has 0 aromatic rings. The van der Waals surface area contributed by atoms with Gasteiger partial charge in [-0.15, -0.1) is 0 Å². The summed E-state index contributed by atoms with van der Waals surface area (Å²) in [4.78, 5) is 0. The molecule has 16 nitrogen and oxygen atoms in total. The van der Waals surface area contributed by atoms with E-state index >= 15 is 0 Å². The first kappa shape index (κ1) is 29.6. The van der Waals surface area contributed by atoms with Crippen LogP contribution in [-0.2, 0) is 18.9 Å². The summed E-state index contributed by atoms with van der Waals surface area (Å²) in [6.45, 7) is -3.00. The number of rotatable bonds is 12. The smallest absolute Gasteiger partial charge is 0.186 e. The van der Waals surface area contributed by atoms with E-state index in [0.29, 0.717) is 0 Å². The molecule has 34 heavy (non-hydrogen) atoms. The molecule has 0 saturated carbocycles. The summed E-state index contributed by atoms with van der Waals surface area (Å²) in [6, 6.07) is 0. The normalized spacial score (nSPS) is 41.1. The maximum Gasteiger partial charge on any atom is 0.186 e. The fourth-order valence-corrected chi connectivity index (χ4v) is 3.47. The van der Waals surface area contributed by atoms with E-state index in [9.17, 15) is 51.1 Å². The molecular weight excluding hydrogens is 472 g/mol. The van der Waals surface area contributed by atoms with E-state index in [1.54, 1.807) is 0 Å². The third-order valence-electron chi connectivity index (χ3n) is 5.67. The van der Waals surface area contributed by atoms with Gasteiger partial charge in [-0.1, -0.05) is 0 Å². The van der Waals surface area contributed by atoms with E-state index in [0.717, 1.165) is 0 Å². The molecule has 16 heteroatoms. The van der Waals surface area contributed by atoms with Gasteiger partial charge in [-0.2, -0.15) is 0 Å². The van der Waals surface area contributed by atoms with Gasteiger partial charge in [0.2, 0.25) is 0 Å². The third-order valence-corrected chi connectivity index (χ3v) is 5.67. The van der Waals surface area contributed by atoms with Gasteiger partial charge in [0.1, 0.15) is 73.2 Å². The van der Waals surface area contributed by atoms with Crippen molar-refractivity contribution in [2.75, 3.05) is 26.4 Å². The van der Waals surface area contributed by atoms with Crippen molar-refractivity contribution in [3.63, 3.8) is 0 Å². The molecule has 2 aliphatic rings. The Kier molecular flexibility index (Phi) is 11.4. The van der Waals surface area contributed by atoms with Gasteiger partial charge < -0.3 is 80.2 Å². The zero-order valence-corrected chi connectivity index (χ0v) is 17.9. The molecule has 2 fully saturated rings. The molecule has 2 rings (SSSR count). The van der Waals surface area contributed by atoms with Crippen molar-refractivity contribution in [2.24, 2.45) is 0 Å². The average Bonchev–Trinajstić information content (AvgIpc) is 3.12. The minimum absolute atomic E-state index is 0.576. The lowest BCUT2D eigenvalue weighted by Crippen LogP contribution is -2.60. The van der Waals surface area contributed by atoms with Crippen LogP contribution in [0, 0.1) is 0 Å². The topological polar surface area (TPSA) is 280 Å². The first-order valence-corrected chi connectivity index (χ1v) is 10.5. The fraction of sp³-hybridized carbons (Fsp3) is 1.00. The molecule has 0 aromatic heterocycles. The predicted octanol–water partition coefficient (Wildman–Crippen LogP) is -7.94. The Labute approximate surface area is 193 Å². The molecule has 0 aromatic carbocycles. The Balaban J connectivity index is 1.93. The minimum Gasteiger partial charge on any atom is -0.394 e. The molecule has 0 radical (unpaired) electrons. The van der Waals surface area contributed by atoms with Crippen molar-refractivity contribution in [1.29, 1.82) is 0 Å². The summed E-state index contributed by atoms with van der Waals surface area (Å²) in [6.07, 6.45) is -23.4. The molecule has 2 saturated heterocycles. The monoisotopic (exact) mass is 506 g/mol. The van der Waals surface area contributed by atoms with E-state index in [1.807, 2.05) is 0 Å². The molecule has 2 heterocycles. The van der Waals surface area contributed by atoms with E-state index in [4.69, 9.17) is 29.2 Å². The number of aliphatic hydroxyl groups is 12. The highest BCUT2D eigenvalue weighted by Crippen LogP contribution is 2.27. The lowest BCUT2D eigenvalue weighted by atomic mass is 9.99. The van der Waals surface area contributed by atoms with Crippen molar-refractivity contribution in [1.82, 2.24) is 0 Å². The summed E-state index contributed by atoms with van der Waals surface area (Å²) >= 11 is 0. The molecule has 0 unspecified atom stereocenters. The SMILES string of the molecule is OC[C@@H](O)[C@@H](O)[C@H](O)[C@H](O)CO[C@H]1O[C@H](CO[C@@H]2O[C@@H]([C@H](O)CO)[C@H](O)[C@H]2O)[C@@H](O)[C@H](O)[C@@H]1O. The number of hydrogen-bond acceptors (Lipinski definition) is 16. The van der Waals surface area contributed by atoms with Crippen molar-refractivity contribution >= 4 is 0 Å². The van der Waals surface area contributed by atoms with E-state index in [2.05, 4.69) is 0 Å². The Bertz CT molecular complexity index is 598. The van der Waals surface area contributed by atoms with Crippen molar-refractivity contribution in [3.8, 4) is 0 Å². The Hall–Kier alpha value is -0.640. The summed E-state index contributed by atoms with van der Waals surface area (Å²) in [5.74, 6) is 0.